The Hall–Kier alpha value is -1.93. The molecule has 0 unspecified atom stereocenters. The number of benzene rings is 2. The number of hydrogen-bond donors (Lipinski definition) is 1. The Morgan fingerprint density at radius 1 is 1.21 bits per heavy atom. The Balaban J connectivity index is 2.17. The van der Waals surface area contributed by atoms with Crippen LogP contribution in [0.1, 0.15) is 11.1 Å². The molecule has 0 radical (unpaired) electrons. The van der Waals surface area contributed by atoms with Gasteiger partial charge in [0.25, 0.3) is 0 Å². The van der Waals surface area contributed by atoms with Gasteiger partial charge in [0.15, 0.2) is 0 Å². The van der Waals surface area contributed by atoms with E-state index in [1.807, 2.05) is 0 Å². The molecule has 19 heavy (non-hydrogen) atoms. The van der Waals surface area contributed by atoms with E-state index in [0.717, 1.165) is 0 Å². The second kappa shape index (κ2) is 5.81. The molecule has 2 rings (SSSR count). The van der Waals surface area contributed by atoms with Crippen LogP contribution in [-0.2, 0) is 6.54 Å². The third kappa shape index (κ3) is 3.09. The number of rotatable bonds is 3. The first-order valence-electron chi connectivity index (χ1n) is 5.48. The molecular weight excluding hydrogens is 314 g/mol. The summed E-state index contributed by atoms with van der Waals surface area (Å²) in [5, 5.41) is 11.7. The van der Waals surface area contributed by atoms with Crippen LogP contribution in [0.25, 0.3) is 0 Å². The van der Waals surface area contributed by atoms with Gasteiger partial charge in [-0.25, -0.2) is 8.78 Å². The Kier molecular flexibility index (Phi) is 4.13. The van der Waals surface area contributed by atoms with Crippen molar-refractivity contribution in [1.82, 2.24) is 0 Å². The molecule has 0 aliphatic heterocycles. The highest BCUT2D eigenvalue weighted by Crippen LogP contribution is 2.24. The normalized spacial score (nSPS) is 10.0. The Morgan fingerprint density at radius 2 is 2.00 bits per heavy atom. The molecule has 0 fully saturated rings. The van der Waals surface area contributed by atoms with Gasteiger partial charge in [-0.3, -0.25) is 0 Å². The predicted octanol–water partition coefficient (Wildman–Crippen LogP) is 4.21. The maximum Gasteiger partial charge on any atom is 0.145 e. The molecule has 0 aliphatic rings. The van der Waals surface area contributed by atoms with E-state index >= 15 is 0 Å². The molecule has 2 nitrogen and oxygen atoms in total. The van der Waals surface area contributed by atoms with E-state index in [2.05, 4.69) is 21.2 Å². The molecule has 0 atom stereocenters. The lowest BCUT2D eigenvalue weighted by Gasteiger charge is -2.09. The van der Waals surface area contributed by atoms with Crippen LogP contribution in [0.3, 0.4) is 0 Å². The summed E-state index contributed by atoms with van der Waals surface area (Å²) in [4.78, 5) is 0. The molecule has 5 heteroatoms. The van der Waals surface area contributed by atoms with Gasteiger partial charge in [-0.1, -0.05) is 12.1 Å². The molecule has 1 N–H and O–H groups in total. The van der Waals surface area contributed by atoms with Gasteiger partial charge in [0.05, 0.1) is 5.56 Å². The van der Waals surface area contributed by atoms with E-state index < -0.39 is 5.82 Å². The van der Waals surface area contributed by atoms with E-state index in [1.165, 1.54) is 18.2 Å². The Morgan fingerprint density at radius 3 is 2.68 bits per heavy atom. The van der Waals surface area contributed by atoms with Gasteiger partial charge in [-0.05, 0) is 40.2 Å². The molecule has 2 aromatic carbocycles. The predicted molar refractivity (Wildman–Crippen MR) is 72.5 cm³/mol. The van der Waals surface area contributed by atoms with Crippen LogP contribution in [0.2, 0.25) is 0 Å². The summed E-state index contributed by atoms with van der Waals surface area (Å²) in [6.07, 6.45) is 0. The van der Waals surface area contributed by atoms with Gasteiger partial charge in [0.2, 0.25) is 0 Å². The van der Waals surface area contributed by atoms with Crippen molar-refractivity contribution in [2.24, 2.45) is 0 Å². The number of nitriles is 1. The summed E-state index contributed by atoms with van der Waals surface area (Å²) < 4.78 is 27.3. The largest absolute Gasteiger partial charge is 0.380 e. The second-order valence-corrected chi connectivity index (χ2v) is 4.72. The lowest BCUT2D eigenvalue weighted by atomic mass is 10.1. The quantitative estimate of drug-likeness (QED) is 0.918. The zero-order chi connectivity index (χ0) is 13.8. The van der Waals surface area contributed by atoms with Crippen LogP contribution >= 0.6 is 15.9 Å². The van der Waals surface area contributed by atoms with E-state index in [0.29, 0.717) is 15.7 Å². The van der Waals surface area contributed by atoms with Crippen LogP contribution in [-0.4, -0.2) is 0 Å². The van der Waals surface area contributed by atoms with Crippen molar-refractivity contribution in [3.05, 3.63) is 63.6 Å². The number of anilines is 1. The maximum absolute atomic E-state index is 13.8. The van der Waals surface area contributed by atoms with Gasteiger partial charge in [-0.15, -0.1) is 0 Å². The first kappa shape index (κ1) is 13.5. The van der Waals surface area contributed by atoms with Gasteiger partial charge >= 0.3 is 0 Å². The molecule has 0 spiro atoms. The zero-order valence-corrected chi connectivity index (χ0v) is 11.3. The fraction of sp³-hybridized carbons (Fsp3) is 0.0714. The molecule has 0 amide bonds. The standard InChI is InChI=1S/C14H9BrF2N2/c15-12-6-11(16)4-5-13(12)19-8-10-3-1-2-9(7-18)14(10)17/h1-6,19H,8H2. The van der Waals surface area contributed by atoms with Crippen molar-refractivity contribution in [2.75, 3.05) is 5.32 Å². The van der Waals surface area contributed by atoms with E-state index in [4.69, 9.17) is 5.26 Å². The lowest BCUT2D eigenvalue weighted by Crippen LogP contribution is -2.03. The molecule has 0 bridgehead atoms. The Labute approximate surface area is 117 Å². The van der Waals surface area contributed by atoms with Crippen LogP contribution in [0.4, 0.5) is 14.5 Å². The first-order chi connectivity index (χ1) is 9.11. The van der Waals surface area contributed by atoms with Crippen molar-refractivity contribution >= 4 is 21.6 Å². The summed E-state index contributed by atoms with van der Waals surface area (Å²) in [6, 6.07) is 10.6. The first-order valence-corrected chi connectivity index (χ1v) is 6.27. The Bertz CT molecular complexity index is 650. The number of halogens is 3. The summed E-state index contributed by atoms with van der Waals surface area (Å²) in [7, 11) is 0. The van der Waals surface area contributed by atoms with Crippen LogP contribution in [0, 0.1) is 23.0 Å². The second-order valence-electron chi connectivity index (χ2n) is 3.87. The highest BCUT2D eigenvalue weighted by atomic mass is 79.9. The summed E-state index contributed by atoms with van der Waals surface area (Å²) in [5.41, 5.74) is 1.05. The minimum absolute atomic E-state index is 0.0115. The van der Waals surface area contributed by atoms with E-state index in [9.17, 15) is 8.78 Å². The van der Waals surface area contributed by atoms with Crippen molar-refractivity contribution in [3.8, 4) is 6.07 Å². The number of nitrogens with one attached hydrogen (secondary N) is 1. The summed E-state index contributed by atoms with van der Waals surface area (Å²) in [5.74, 6) is -0.884. The molecular formula is C14H9BrF2N2. The summed E-state index contributed by atoms with van der Waals surface area (Å²) in [6.45, 7) is 0.214. The third-order valence-electron chi connectivity index (χ3n) is 2.60. The minimum Gasteiger partial charge on any atom is -0.380 e. The molecule has 0 aromatic heterocycles. The zero-order valence-electron chi connectivity index (χ0n) is 9.75. The van der Waals surface area contributed by atoms with Crippen molar-refractivity contribution < 1.29 is 8.78 Å². The summed E-state index contributed by atoms with van der Waals surface area (Å²) >= 11 is 3.22. The minimum atomic E-state index is -0.532. The molecule has 0 heterocycles. The highest BCUT2D eigenvalue weighted by Gasteiger charge is 2.08. The van der Waals surface area contributed by atoms with E-state index in [1.54, 1.807) is 24.3 Å². The smallest absolute Gasteiger partial charge is 0.145 e. The SMILES string of the molecule is N#Cc1cccc(CNc2ccc(F)cc2Br)c1F. The molecule has 96 valence electrons. The average molecular weight is 323 g/mol. The van der Waals surface area contributed by atoms with Gasteiger partial charge < -0.3 is 5.32 Å². The highest BCUT2D eigenvalue weighted by molar-refractivity contribution is 9.10. The number of nitrogens with zero attached hydrogens (tertiary/aromatic N) is 1. The van der Waals surface area contributed by atoms with Crippen molar-refractivity contribution in [3.63, 3.8) is 0 Å². The molecule has 2 aromatic rings. The molecule has 0 saturated heterocycles. The van der Waals surface area contributed by atoms with Gasteiger partial charge in [0.1, 0.15) is 17.7 Å². The topological polar surface area (TPSA) is 35.8 Å². The van der Waals surface area contributed by atoms with E-state index in [-0.39, 0.29) is 17.9 Å². The van der Waals surface area contributed by atoms with Crippen molar-refractivity contribution in [2.45, 2.75) is 6.54 Å². The van der Waals surface area contributed by atoms with Crippen molar-refractivity contribution in [1.29, 1.82) is 5.26 Å². The fourth-order valence-electron chi connectivity index (χ4n) is 1.63. The monoisotopic (exact) mass is 322 g/mol. The third-order valence-corrected chi connectivity index (χ3v) is 3.26. The molecule has 0 saturated carbocycles. The lowest BCUT2D eigenvalue weighted by molar-refractivity contribution is 0.609. The fourth-order valence-corrected chi connectivity index (χ4v) is 2.12. The maximum atomic E-state index is 13.8. The van der Waals surface area contributed by atoms with Gasteiger partial charge in [0, 0.05) is 22.3 Å². The van der Waals surface area contributed by atoms with Gasteiger partial charge in [-0.2, -0.15) is 5.26 Å². The van der Waals surface area contributed by atoms with Crippen LogP contribution in [0.15, 0.2) is 40.9 Å². The number of hydrogen-bond acceptors (Lipinski definition) is 2. The average Bonchev–Trinajstić information content (AvgIpc) is 2.39. The molecule has 0 aliphatic carbocycles. The van der Waals surface area contributed by atoms with Crippen LogP contribution < -0.4 is 5.32 Å². The van der Waals surface area contributed by atoms with Crippen LogP contribution in [0.5, 0.6) is 0 Å².